The molecule has 0 fully saturated rings. The molecule has 8 heteroatoms. The fourth-order valence-corrected chi connectivity index (χ4v) is 3.99. The van der Waals surface area contributed by atoms with Gasteiger partial charge in [-0.25, -0.2) is 9.64 Å². The zero-order chi connectivity index (χ0) is 23.3. The molecule has 0 aliphatic heterocycles. The van der Waals surface area contributed by atoms with Crippen LogP contribution >= 0.6 is 0 Å². The Morgan fingerprint density at radius 2 is 1.73 bits per heavy atom. The molecule has 0 amide bonds. The van der Waals surface area contributed by atoms with Gasteiger partial charge in [0.1, 0.15) is 0 Å². The van der Waals surface area contributed by atoms with E-state index in [1.807, 2.05) is 18.2 Å². The lowest BCUT2D eigenvalue weighted by Crippen LogP contribution is -2.21. The average molecular weight is 444 g/mol. The summed E-state index contributed by atoms with van der Waals surface area (Å²) < 4.78 is 42.7. The number of alkyl halides is 3. The van der Waals surface area contributed by atoms with Crippen LogP contribution in [-0.2, 0) is 13.2 Å². The second kappa shape index (κ2) is 7.35. The Hall–Kier alpha value is -4.38. The first-order valence-electron chi connectivity index (χ1n) is 9.93. The molecule has 0 aliphatic rings. The molecule has 0 spiro atoms. The summed E-state index contributed by atoms with van der Waals surface area (Å²) in [5.74, 6) is 0. The molecule has 2 aromatic heterocycles. The maximum Gasteiger partial charge on any atom is 0.416 e. The summed E-state index contributed by atoms with van der Waals surface area (Å²) in [6, 6.07) is 17.3. The molecule has 2 heterocycles. The van der Waals surface area contributed by atoms with E-state index in [2.05, 4.69) is 9.83 Å². The highest BCUT2D eigenvalue weighted by Gasteiger charge is 2.31. The van der Waals surface area contributed by atoms with Crippen molar-refractivity contribution in [2.45, 2.75) is 6.18 Å². The molecule has 0 unspecified atom stereocenters. The van der Waals surface area contributed by atoms with Crippen LogP contribution in [0.4, 0.5) is 18.9 Å². The molecule has 0 radical (unpaired) electrons. The predicted octanol–water partition coefficient (Wildman–Crippen LogP) is 6.11. The van der Waals surface area contributed by atoms with Crippen molar-refractivity contribution in [1.29, 1.82) is 0 Å². The molecule has 5 aromatic rings. The summed E-state index contributed by atoms with van der Waals surface area (Å²) in [5.41, 5.74) is 2.47. The SMILES string of the molecule is [C-]#[N+]c1cccc(-c2ccc3ncc4c(c3c2)n(-c2cccc(C(F)(F)F)c2)c(=O)n4C)c1. The fourth-order valence-electron chi connectivity index (χ4n) is 3.99. The third-order valence-corrected chi connectivity index (χ3v) is 5.62. The van der Waals surface area contributed by atoms with Gasteiger partial charge in [0.2, 0.25) is 0 Å². The summed E-state index contributed by atoms with van der Waals surface area (Å²) in [7, 11) is 1.56. The van der Waals surface area contributed by atoms with E-state index in [-0.39, 0.29) is 5.69 Å². The number of hydrogen-bond acceptors (Lipinski definition) is 2. The van der Waals surface area contributed by atoms with Crippen LogP contribution in [0.25, 0.3) is 43.6 Å². The second-order valence-electron chi connectivity index (χ2n) is 7.61. The number of nitrogens with zero attached hydrogens (tertiary/aromatic N) is 4. The first kappa shape index (κ1) is 20.5. The van der Waals surface area contributed by atoms with Crippen molar-refractivity contribution in [2.75, 3.05) is 0 Å². The molecule has 5 nitrogen and oxygen atoms in total. The number of fused-ring (bicyclic) bond motifs is 3. The molecular weight excluding hydrogens is 429 g/mol. The molecule has 0 aliphatic carbocycles. The van der Waals surface area contributed by atoms with E-state index in [4.69, 9.17) is 6.57 Å². The normalized spacial score (nSPS) is 11.7. The number of pyridine rings is 1. The van der Waals surface area contributed by atoms with E-state index in [9.17, 15) is 18.0 Å². The Kier molecular flexibility index (Phi) is 4.57. The van der Waals surface area contributed by atoms with Gasteiger partial charge < -0.3 is 0 Å². The van der Waals surface area contributed by atoms with Crippen LogP contribution < -0.4 is 5.69 Å². The average Bonchev–Trinajstić information content (AvgIpc) is 3.08. The Morgan fingerprint density at radius 1 is 0.970 bits per heavy atom. The Morgan fingerprint density at radius 3 is 2.48 bits per heavy atom. The van der Waals surface area contributed by atoms with Gasteiger partial charge in [-0.3, -0.25) is 14.1 Å². The van der Waals surface area contributed by atoms with Crippen LogP contribution in [0.15, 0.2) is 77.7 Å². The quantitative estimate of drug-likeness (QED) is 0.308. The fraction of sp³-hybridized carbons (Fsp3) is 0.0800. The maximum atomic E-state index is 13.3. The molecule has 33 heavy (non-hydrogen) atoms. The van der Waals surface area contributed by atoms with Gasteiger partial charge in [-0.2, -0.15) is 13.2 Å². The van der Waals surface area contributed by atoms with Crippen molar-refractivity contribution < 1.29 is 13.2 Å². The van der Waals surface area contributed by atoms with Crippen LogP contribution in [0.1, 0.15) is 5.56 Å². The van der Waals surface area contributed by atoms with E-state index in [0.717, 1.165) is 23.3 Å². The molecule has 0 saturated heterocycles. The molecule has 0 bridgehead atoms. The summed E-state index contributed by atoms with van der Waals surface area (Å²) in [6.45, 7) is 7.25. The molecule has 0 N–H and O–H groups in total. The monoisotopic (exact) mass is 444 g/mol. The van der Waals surface area contributed by atoms with Gasteiger partial charge in [0, 0.05) is 12.4 Å². The lowest BCUT2D eigenvalue weighted by molar-refractivity contribution is -0.137. The lowest BCUT2D eigenvalue weighted by atomic mass is 10.0. The summed E-state index contributed by atoms with van der Waals surface area (Å²) >= 11 is 0. The second-order valence-corrected chi connectivity index (χ2v) is 7.61. The van der Waals surface area contributed by atoms with E-state index >= 15 is 0 Å². The van der Waals surface area contributed by atoms with Gasteiger partial charge >= 0.3 is 11.9 Å². The lowest BCUT2D eigenvalue weighted by Gasteiger charge is -2.11. The van der Waals surface area contributed by atoms with Crippen LogP contribution in [-0.4, -0.2) is 14.1 Å². The van der Waals surface area contributed by atoms with Crippen molar-refractivity contribution >= 4 is 27.6 Å². The Balaban J connectivity index is 1.84. The molecular formula is C25H15F3N4O. The van der Waals surface area contributed by atoms with Crippen LogP contribution in [0, 0.1) is 6.57 Å². The standard InChI is InChI=1S/C25H15F3N4O/c1-29-18-7-3-5-15(11-18)16-9-10-21-20(12-16)23-22(14-30-21)31(2)24(33)32(23)19-8-4-6-17(13-19)25(26,27)28/h3-14H,2H3. The highest BCUT2D eigenvalue weighted by molar-refractivity contribution is 6.04. The minimum atomic E-state index is -4.53. The molecule has 5 rings (SSSR count). The number of aromatic nitrogens is 3. The molecule has 0 saturated carbocycles. The van der Waals surface area contributed by atoms with Gasteiger partial charge in [0.15, 0.2) is 5.69 Å². The van der Waals surface area contributed by atoms with Crippen molar-refractivity contribution in [3.05, 3.63) is 100 Å². The third-order valence-electron chi connectivity index (χ3n) is 5.62. The number of rotatable bonds is 2. The first-order valence-corrected chi connectivity index (χ1v) is 9.93. The summed E-state index contributed by atoms with van der Waals surface area (Å²) in [5, 5.41) is 0.619. The zero-order valence-corrected chi connectivity index (χ0v) is 17.3. The van der Waals surface area contributed by atoms with Gasteiger partial charge in [-0.15, -0.1) is 0 Å². The van der Waals surface area contributed by atoms with Crippen molar-refractivity contribution in [1.82, 2.24) is 14.1 Å². The summed E-state index contributed by atoms with van der Waals surface area (Å²) in [4.78, 5) is 21.0. The van der Waals surface area contributed by atoms with Gasteiger partial charge in [0.05, 0.1) is 40.6 Å². The molecule has 162 valence electrons. The first-order chi connectivity index (χ1) is 15.8. The van der Waals surface area contributed by atoms with Crippen LogP contribution in [0.2, 0.25) is 0 Å². The number of imidazole rings is 1. The van der Waals surface area contributed by atoms with Crippen molar-refractivity contribution in [3.8, 4) is 16.8 Å². The number of aryl methyl sites for hydroxylation is 1. The number of benzene rings is 3. The van der Waals surface area contributed by atoms with Crippen molar-refractivity contribution in [2.24, 2.45) is 7.05 Å². The van der Waals surface area contributed by atoms with E-state index < -0.39 is 17.4 Å². The van der Waals surface area contributed by atoms with Crippen LogP contribution in [0.3, 0.4) is 0 Å². The van der Waals surface area contributed by atoms with Gasteiger partial charge in [-0.1, -0.05) is 30.3 Å². The van der Waals surface area contributed by atoms with E-state index in [1.54, 1.807) is 37.5 Å². The zero-order valence-electron chi connectivity index (χ0n) is 17.3. The Labute approximate surface area is 185 Å². The number of halogens is 3. The smallest absolute Gasteiger partial charge is 0.293 e. The molecule has 3 aromatic carbocycles. The minimum Gasteiger partial charge on any atom is -0.293 e. The van der Waals surface area contributed by atoms with E-state index in [0.29, 0.717) is 27.6 Å². The maximum absolute atomic E-state index is 13.3. The Bertz CT molecular complexity index is 1660. The van der Waals surface area contributed by atoms with Crippen molar-refractivity contribution in [3.63, 3.8) is 0 Å². The highest BCUT2D eigenvalue weighted by atomic mass is 19.4. The highest BCUT2D eigenvalue weighted by Crippen LogP contribution is 2.33. The molecule has 0 atom stereocenters. The third kappa shape index (κ3) is 3.34. The van der Waals surface area contributed by atoms with Gasteiger partial charge in [-0.05, 0) is 47.5 Å². The summed E-state index contributed by atoms with van der Waals surface area (Å²) in [6.07, 6.45) is -2.99. The predicted molar refractivity (Wildman–Crippen MR) is 121 cm³/mol. The van der Waals surface area contributed by atoms with E-state index in [1.165, 1.54) is 21.3 Å². The van der Waals surface area contributed by atoms with Gasteiger partial charge in [0.25, 0.3) is 0 Å². The topological polar surface area (TPSA) is 44.2 Å². The number of hydrogen-bond donors (Lipinski definition) is 0. The largest absolute Gasteiger partial charge is 0.416 e. The minimum absolute atomic E-state index is 0.119. The van der Waals surface area contributed by atoms with Crippen LogP contribution in [0.5, 0.6) is 0 Å².